The van der Waals surface area contributed by atoms with E-state index in [0.717, 1.165) is 17.7 Å². The van der Waals surface area contributed by atoms with E-state index >= 15 is 0 Å². The molecular weight excluding hydrogens is 268 g/mol. The number of benzene rings is 2. The summed E-state index contributed by atoms with van der Waals surface area (Å²) in [5, 5.41) is 9.14. The summed E-state index contributed by atoms with van der Waals surface area (Å²) in [5.41, 5.74) is 2.17. The van der Waals surface area contributed by atoms with Crippen molar-refractivity contribution in [1.82, 2.24) is 0 Å². The van der Waals surface area contributed by atoms with Crippen LogP contribution in [0.4, 0.5) is 0 Å². The first-order valence-corrected chi connectivity index (χ1v) is 6.76. The molecule has 4 heteroatoms. The molecule has 0 aliphatic rings. The molecule has 0 saturated carbocycles. The number of carboxylic acid groups (broad SMARTS) is 1. The SMILES string of the molecule is CCc1ccc(OCc2ccc(OC)c(C(=O)O)c2)cc1. The Hall–Kier alpha value is -2.49. The van der Waals surface area contributed by atoms with Gasteiger partial charge < -0.3 is 14.6 Å². The number of hydrogen-bond acceptors (Lipinski definition) is 3. The first kappa shape index (κ1) is 14.9. The van der Waals surface area contributed by atoms with Gasteiger partial charge in [-0.2, -0.15) is 0 Å². The summed E-state index contributed by atoms with van der Waals surface area (Å²) >= 11 is 0. The van der Waals surface area contributed by atoms with Gasteiger partial charge in [0.25, 0.3) is 0 Å². The quantitative estimate of drug-likeness (QED) is 0.882. The van der Waals surface area contributed by atoms with E-state index in [0.29, 0.717) is 12.4 Å². The number of aryl methyl sites for hydroxylation is 1. The van der Waals surface area contributed by atoms with Gasteiger partial charge in [0.15, 0.2) is 0 Å². The van der Waals surface area contributed by atoms with Gasteiger partial charge in [0, 0.05) is 0 Å². The summed E-state index contributed by atoms with van der Waals surface area (Å²) in [5.74, 6) is 0.0967. The molecule has 0 aromatic heterocycles. The minimum Gasteiger partial charge on any atom is -0.496 e. The molecule has 0 aliphatic heterocycles. The highest BCUT2D eigenvalue weighted by atomic mass is 16.5. The Morgan fingerprint density at radius 1 is 1.10 bits per heavy atom. The molecule has 2 aromatic carbocycles. The minimum atomic E-state index is -1.01. The molecule has 0 radical (unpaired) electrons. The second kappa shape index (κ2) is 6.79. The van der Waals surface area contributed by atoms with E-state index in [1.165, 1.54) is 12.7 Å². The first-order valence-electron chi connectivity index (χ1n) is 6.76. The number of aromatic carboxylic acids is 1. The van der Waals surface area contributed by atoms with Crippen LogP contribution in [0.2, 0.25) is 0 Å². The molecule has 0 unspecified atom stereocenters. The summed E-state index contributed by atoms with van der Waals surface area (Å²) in [7, 11) is 1.45. The number of ether oxygens (including phenoxy) is 2. The molecule has 0 bridgehead atoms. The van der Waals surface area contributed by atoms with Crippen LogP contribution in [0, 0.1) is 0 Å². The maximum absolute atomic E-state index is 11.2. The van der Waals surface area contributed by atoms with E-state index in [1.54, 1.807) is 18.2 Å². The van der Waals surface area contributed by atoms with E-state index in [-0.39, 0.29) is 5.56 Å². The average molecular weight is 286 g/mol. The zero-order valence-corrected chi connectivity index (χ0v) is 12.1. The highest BCUT2D eigenvalue weighted by Gasteiger charge is 2.11. The van der Waals surface area contributed by atoms with Gasteiger partial charge in [0.1, 0.15) is 23.7 Å². The van der Waals surface area contributed by atoms with Gasteiger partial charge in [-0.15, -0.1) is 0 Å². The Bertz CT molecular complexity index is 617. The van der Waals surface area contributed by atoms with E-state index in [2.05, 4.69) is 6.92 Å². The van der Waals surface area contributed by atoms with Gasteiger partial charge in [0.2, 0.25) is 0 Å². The van der Waals surface area contributed by atoms with Crippen LogP contribution in [0.3, 0.4) is 0 Å². The summed E-state index contributed by atoms with van der Waals surface area (Å²) < 4.78 is 10.7. The molecule has 0 aliphatic carbocycles. The van der Waals surface area contributed by atoms with Crippen LogP contribution >= 0.6 is 0 Å². The van der Waals surface area contributed by atoms with Gasteiger partial charge in [-0.05, 0) is 41.8 Å². The maximum Gasteiger partial charge on any atom is 0.339 e. The topological polar surface area (TPSA) is 55.8 Å². The van der Waals surface area contributed by atoms with Gasteiger partial charge in [-0.3, -0.25) is 0 Å². The van der Waals surface area contributed by atoms with Crippen molar-refractivity contribution in [3.05, 3.63) is 59.2 Å². The standard InChI is InChI=1S/C17H18O4/c1-3-12-4-7-14(8-5-12)21-11-13-6-9-16(20-2)15(10-13)17(18)19/h4-10H,3,11H2,1-2H3,(H,18,19). The summed E-state index contributed by atoms with van der Waals surface area (Å²) in [6.07, 6.45) is 0.987. The van der Waals surface area contributed by atoms with Crippen molar-refractivity contribution in [2.75, 3.05) is 7.11 Å². The molecule has 2 rings (SSSR count). The van der Waals surface area contributed by atoms with Crippen LogP contribution < -0.4 is 9.47 Å². The molecule has 0 fully saturated rings. The zero-order valence-electron chi connectivity index (χ0n) is 12.1. The van der Waals surface area contributed by atoms with Crippen molar-refractivity contribution in [3.63, 3.8) is 0 Å². The second-order valence-electron chi connectivity index (χ2n) is 4.63. The monoisotopic (exact) mass is 286 g/mol. The molecule has 0 amide bonds. The molecule has 2 aromatic rings. The molecular formula is C17H18O4. The van der Waals surface area contributed by atoms with Crippen LogP contribution in [-0.4, -0.2) is 18.2 Å². The van der Waals surface area contributed by atoms with E-state index in [1.807, 2.05) is 24.3 Å². The fourth-order valence-electron chi connectivity index (χ4n) is 2.00. The van der Waals surface area contributed by atoms with Crippen molar-refractivity contribution in [2.24, 2.45) is 0 Å². The molecule has 4 nitrogen and oxygen atoms in total. The van der Waals surface area contributed by atoms with E-state index in [4.69, 9.17) is 14.6 Å². The normalized spacial score (nSPS) is 10.2. The third kappa shape index (κ3) is 3.75. The summed E-state index contributed by atoms with van der Waals surface area (Å²) in [6, 6.07) is 12.9. The molecule has 0 saturated heterocycles. The van der Waals surface area contributed by atoms with Crippen molar-refractivity contribution in [3.8, 4) is 11.5 Å². The van der Waals surface area contributed by atoms with Crippen LogP contribution in [0.25, 0.3) is 0 Å². The smallest absolute Gasteiger partial charge is 0.339 e. The molecule has 21 heavy (non-hydrogen) atoms. The Labute approximate surface area is 123 Å². The largest absolute Gasteiger partial charge is 0.496 e. The fraction of sp³-hybridized carbons (Fsp3) is 0.235. The second-order valence-corrected chi connectivity index (χ2v) is 4.63. The molecule has 0 spiro atoms. The lowest BCUT2D eigenvalue weighted by atomic mass is 10.1. The van der Waals surface area contributed by atoms with Crippen molar-refractivity contribution >= 4 is 5.97 Å². The first-order chi connectivity index (χ1) is 10.1. The molecule has 0 atom stereocenters. The highest BCUT2D eigenvalue weighted by Crippen LogP contribution is 2.21. The number of rotatable bonds is 6. The zero-order chi connectivity index (χ0) is 15.2. The minimum absolute atomic E-state index is 0.139. The molecule has 1 N–H and O–H groups in total. The van der Waals surface area contributed by atoms with Gasteiger partial charge in [0.05, 0.1) is 7.11 Å². The Morgan fingerprint density at radius 3 is 2.33 bits per heavy atom. The maximum atomic E-state index is 11.2. The lowest BCUT2D eigenvalue weighted by Crippen LogP contribution is -2.03. The van der Waals surface area contributed by atoms with Crippen LogP contribution in [-0.2, 0) is 13.0 Å². The van der Waals surface area contributed by atoms with Gasteiger partial charge in [-0.1, -0.05) is 25.1 Å². The van der Waals surface area contributed by atoms with E-state index < -0.39 is 5.97 Å². The van der Waals surface area contributed by atoms with Crippen LogP contribution in [0.1, 0.15) is 28.4 Å². The molecule has 0 heterocycles. The lowest BCUT2D eigenvalue weighted by Gasteiger charge is -2.10. The Balaban J connectivity index is 2.08. The number of methoxy groups -OCH3 is 1. The number of carbonyl (C=O) groups is 1. The summed E-state index contributed by atoms with van der Waals surface area (Å²) in [6.45, 7) is 2.41. The third-order valence-corrected chi connectivity index (χ3v) is 3.23. The van der Waals surface area contributed by atoms with Crippen LogP contribution in [0.5, 0.6) is 11.5 Å². The lowest BCUT2D eigenvalue weighted by molar-refractivity contribution is 0.0693. The Morgan fingerprint density at radius 2 is 1.76 bits per heavy atom. The average Bonchev–Trinajstić information content (AvgIpc) is 2.53. The van der Waals surface area contributed by atoms with E-state index in [9.17, 15) is 4.79 Å². The van der Waals surface area contributed by atoms with Crippen molar-refractivity contribution in [1.29, 1.82) is 0 Å². The fourth-order valence-corrected chi connectivity index (χ4v) is 2.00. The number of hydrogen-bond donors (Lipinski definition) is 1. The van der Waals surface area contributed by atoms with Gasteiger partial charge >= 0.3 is 5.97 Å². The van der Waals surface area contributed by atoms with Crippen LogP contribution in [0.15, 0.2) is 42.5 Å². The van der Waals surface area contributed by atoms with Crippen molar-refractivity contribution < 1.29 is 19.4 Å². The van der Waals surface area contributed by atoms with Gasteiger partial charge in [-0.25, -0.2) is 4.79 Å². The highest BCUT2D eigenvalue weighted by molar-refractivity contribution is 5.91. The molecule has 110 valence electrons. The van der Waals surface area contributed by atoms with Crippen molar-refractivity contribution in [2.45, 2.75) is 20.0 Å². The number of carboxylic acids is 1. The Kier molecular flexibility index (Phi) is 4.82. The predicted molar refractivity (Wildman–Crippen MR) is 80.1 cm³/mol. The third-order valence-electron chi connectivity index (χ3n) is 3.23. The predicted octanol–water partition coefficient (Wildman–Crippen LogP) is 3.53. The summed E-state index contributed by atoms with van der Waals surface area (Å²) in [4.78, 5) is 11.2.